The van der Waals surface area contributed by atoms with Crippen molar-refractivity contribution in [3.8, 4) is 0 Å². The van der Waals surface area contributed by atoms with Gasteiger partial charge >= 0.3 is 0 Å². The summed E-state index contributed by atoms with van der Waals surface area (Å²) in [4.78, 5) is 10.3. The molecule has 0 aliphatic heterocycles. The molecule has 0 heterocycles. The Kier molecular flexibility index (Phi) is 1.94. The Morgan fingerprint density at radius 3 is 2.70 bits per heavy atom. The molecule has 1 saturated carbocycles. The quantitative estimate of drug-likeness (QED) is 0.574. The minimum absolute atomic E-state index is 0.274. The van der Waals surface area contributed by atoms with Gasteiger partial charge in [-0.2, -0.15) is 0 Å². The lowest BCUT2D eigenvalue weighted by Crippen LogP contribution is -2.31. The minimum Gasteiger partial charge on any atom is -0.369 e. The Balaban J connectivity index is 2.00. The van der Waals surface area contributed by atoms with Crippen molar-refractivity contribution in [2.24, 2.45) is 11.1 Å². The lowest BCUT2D eigenvalue weighted by atomic mass is 10.1. The normalized spacial score (nSPS) is 20.5. The lowest BCUT2D eigenvalue weighted by Gasteiger charge is -2.07. The zero-order valence-corrected chi connectivity index (χ0v) is 6.31. The van der Waals surface area contributed by atoms with Gasteiger partial charge in [-0.25, -0.2) is 0 Å². The first kappa shape index (κ1) is 7.54. The summed E-state index contributed by atoms with van der Waals surface area (Å²) < 4.78 is 0. The van der Waals surface area contributed by atoms with E-state index in [0.717, 1.165) is 6.54 Å². The standard InChI is InChI=1S/C7H14N2O/c1-7(2-3-7)5-9-4-6(8)10/h9H,2-5H2,1H3,(H2,8,10). The molecule has 0 aromatic heterocycles. The van der Waals surface area contributed by atoms with Crippen LogP contribution in [0.5, 0.6) is 0 Å². The molecule has 1 rings (SSSR count). The molecule has 0 atom stereocenters. The number of nitrogens with two attached hydrogens (primary N) is 1. The fraction of sp³-hybridized carbons (Fsp3) is 0.857. The first-order chi connectivity index (χ1) is 4.62. The van der Waals surface area contributed by atoms with Crippen LogP contribution in [0.3, 0.4) is 0 Å². The van der Waals surface area contributed by atoms with Crippen molar-refractivity contribution in [2.45, 2.75) is 19.8 Å². The van der Waals surface area contributed by atoms with Crippen molar-refractivity contribution in [1.29, 1.82) is 0 Å². The summed E-state index contributed by atoms with van der Waals surface area (Å²) in [5, 5.41) is 3.01. The van der Waals surface area contributed by atoms with Crippen LogP contribution in [0.15, 0.2) is 0 Å². The van der Waals surface area contributed by atoms with Crippen molar-refractivity contribution >= 4 is 5.91 Å². The van der Waals surface area contributed by atoms with Gasteiger partial charge in [0.05, 0.1) is 6.54 Å². The highest BCUT2D eigenvalue weighted by atomic mass is 16.1. The van der Waals surface area contributed by atoms with Gasteiger partial charge in [-0.15, -0.1) is 0 Å². The van der Waals surface area contributed by atoms with E-state index >= 15 is 0 Å². The number of nitrogens with one attached hydrogen (secondary N) is 1. The first-order valence-corrected chi connectivity index (χ1v) is 3.61. The molecule has 0 aromatic rings. The molecule has 1 aliphatic rings. The first-order valence-electron chi connectivity index (χ1n) is 3.61. The van der Waals surface area contributed by atoms with Crippen LogP contribution >= 0.6 is 0 Å². The van der Waals surface area contributed by atoms with E-state index in [1.54, 1.807) is 0 Å². The Hall–Kier alpha value is -0.570. The van der Waals surface area contributed by atoms with Gasteiger partial charge < -0.3 is 11.1 Å². The van der Waals surface area contributed by atoms with E-state index < -0.39 is 0 Å². The van der Waals surface area contributed by atoms with Crippen LogP contribution < -0.4 is 11.1 Å². The zero-order valence-electron chi connectivity index (χ0n) is 6.31. The number of carbonyl (C=O) groups is 1. The molecule has 0 spiro atoms. The van der Waals surface area contributed by atoms with Gasteiger partial charge in [-0.1, -0.05) is 6.92 Å². The molecular formula is C7H14N2O. The van der Waals surface area contributed by atoms with E-state index in [4.69, 9.17) is 5.73 Å². The molecule has 0 bridgehead atoms. The molecule has 3 heteroatoms. The van der Waals surface area contributed by atoms with Gasteiger partial charge in [0.1, 0.15) is 0 Å². The fourth-order valence-corrected chi connectivity index (χ4v) is 0.878. The molecule has 58 valence electrons. The number of hydrogen-bond acceptors (Lipinski definition) is 2. The maximum Gasteiger partial charge on any atom is 0.231 e. The lowest BCUT2D eigenvalue weighted by molar-refractivity contribution is -0.117. The van der Waals surface area contributed by atoms with Crippen molar-refractivity contribution in [3.63, 3.8) is 0 Å². The third-order valence-corrected chi connectivity index (χ3v) is 1.95. The molecule has 0 radical (unpaired) electrons. The van der Waals surface area contributed by atoms with Gasteiger partial charge in [-0.05, 0) is 18.3 Å². The highest BCUT2D eigenvalue weighted by molar-refractivity contribution is 5.75. The molecule has 1 amide bonds. The van der Waals surface area contributed by atoms with Gasteiger partial charge in [0.2, 0.25) is 5.91 Å². The van der Waals surface area contributed by atoms with Crippen molar-refractivity contribution in [2.75, 3.05) is 13.1 Å². The van der Waals surface area contributed by atoms with E-state index in [-0.39, 0.29) is 5.91 Å². The highest BCUT2D eigenvalue weighted by Crippen LogP contribution is 2.43. The Morgan fingerprint density at radius 2 is 2.30 bits per heavy atom. The monoisotopic (exact) mass is 142 g/mol. The fourth-order valence-electron chi connectivity index (χ4n) is 0.878. The van der Waals surface area contributed by atoms with E-state index in [1.807, 2.05) is 0 Å². The second-order valence-electron chi connectivity index (χ2n) is 3.38. The third-order valence-electron chi connectivity index (χ3n) is 1.95. The van der Waals surface area contributed by atoms with Crippen molar-refractivity contribution < 1.29 is 4.79 Å². The summed E-state index contributed by atoms with van der Waals surface area (Å²) in [5.41, 5.74) is 5.41. The van der Waals surface area contributed by atoms with Crippen molar-refractivity contribution in [3.05, 3.63) is 0 Å². The number of carbonyl (C=O) groups excluding carboxylic acids is 1. The summed E-state index contributed by atoms with van der Waals surface area (Å²) in [7, 11) is 0. The predicted octanol–water partition coefficient (Wildman–Crippen LogP) is -0.139. The van der Waals surface area contributed by atoms with Crippen LogP contribution in [-0.4, -0.2) is 19.0 Å². The number of amides is 1. The Bertz CT molecular complexity index is 141. The Labute approximate surface area is 61.0 Å². The van der Waals surface area contributed by atoms with E-state index in [9.17, 15) is 4.79 Å². The summed E-state index contributed by atoms with van der Waals surface area (Å²) in [5.74, 6) is -0.274. The maximum absolute atomic E-state index is 10.3. The van der Waals surface area contributed by atoms with Gasteiger partial charge in [0.25, 0.3) is 0 Å². The summed E-state index contributed by atoms with van der Waals surface area (Å²) in [6, 6.07) is 0. The summed E-state index contributed by atoms with van der Waals surface area (Å²) in [6.45, 7) is 3.45. The van der Waals surface area contributed by atoms with Crippen LogP contribution in [-0.2, 0) is 4.79 Å². The number of rotatable bonds is 4. The van der Waals surface area contributed by atoms with Crippen LogP contribution in [0.1, 0.15) is 19.8 Å². The smallest absolute Gasteiger partial charge is 0.231 e. The van der Waals surface area contributed by atoms with Crippen molar-refractivity contribution in [1.82, 2.24) is 5.32 Å². The van der Waals surface area contributed by atoms with Gasteiger partial charge in [0.15, 0.2) is 0 Å². The number of hydrogen-bond donors (Lipinski definition) is 2. The summed E-state index contributed by atoms with van der Waals surface area (Å²) >= 11 is 0. The van der Waals surface area contributed by atoms with Crippen LogP contribution in [0.4, 0.5) is 0 Å². The topological polar surface area (TPSA) is 55.1 Å². The molecule has 0 aromatic carbocycles. The van der Waals surface area contributed by atoms with Crippen LogP contribution in [0.2, 0.25) is 0 Å². The molecule has 10 heavy (non-hydrogen) atoms. The maximum atomic E-state index is 10.3. The average Bonchev–Trinajstić information content (AvgIpc) is 2.47. The molecule has 0 saturated heterocycles. The van der Waals surface area contributed by atoms with Gasteiger partial charge in [-0.3, -0.25) is 4.79 Å². The van der Waals surface area contributed by atoms with E-state index in [1.165, 1.54) is 12.8 Å². The molecular weight excluding hydrogens is 128 g/mol. The average molecular weight is 142 g/mol. The second kappa shape index (κ2) is 2.58. The van der Waals surface area contributed by atoms with Crippen LogP contribution in [0, 0.1) is 5.41 Å². The second-order valence-corrected chi connectivity index (χ2v) is 3.38. The number of primary amides is 1. The SMILES string of the molecule is CC1(CNCC(N)=O)CC1. The van der Waals surface area contributed by atoms with E-state index in [2.05, 4.69) is 12.2 Å². The molecule has 1 fully saturated rings. The molecule has 3 nitrogen and oxygen atoms in total. The molecule has 1 aliphatic carbocycles. The zero-order chi connectivity index (χ0) is 7.61. The summed E-state index contributed by atoms with van der Waals surface area (Å²) in [6.07, 6.45) is 2.55. The largest absolute Gasteiger partial charge is 0.369 e. The molecule has 0 unspecified atom stereocenters. The molecule has 3 N–H and O–H groups in total. The van der Waals surface area contributed by atoms with Crippen LogP contribution in [0.25, 0.3) is 0 Å². The van der Waals surface area contributed by atoms with Gasteiger partial charge in [0, 0.05) is 6.54 Å². The van der Waals surface area contributed by atoms with E-state index in [0.29, 0.717) is 12.0 Å². The third kappa shape index (κ3) is 2.35. The predicted molar refractivity (Wildman–Crippen MR) is 39.4 cm³/mol. The minimum atomic E-state index is -0.274. The highest BCUT2D eigenvalue weighted by Gasteiger charge is 2.36. The Morgan fingerprint density at radius 1 is 1.70 bits per heavy atom.